The van der Waals surface area contributed by atoms with Crippen LogP contribution in [-0.4, -0.2) is 39.1 Å². The first kappa shape index (κ1) is 21.0. The molecule has 2 aromatic rings. The molecule has 0 fully saturated rings. The van der Waals surface area contributed by atoms with E-state index >= 15 is 0 Å². The summed E-state index contributed by atoms with van der Waals surface area (Å²) >= 11 is 0. The smallest absolute Gasteiger partial charge is 0.226 e. The van der Waals surface area contributed by atoms with Crippen molar-refractivity contribution < 1.29 is 17.9 Å². The fourth-order valence-electron chi connectivity index (χ4n) is 2.88. The highest BCUT2D eigenvalue weighted by molar-refractivity contribution is 7.90. The van der Waals surface area contributed by atoms with E-state index in [9.17, 15) is 13.2 Å². The number of nitrogens with zero attached hydrogens (tertiary/aromatic N) is 1. The number of aryl methyl sites for hydroxylation is 2. The lowest BCUT2D eigenvalue weighted by Gasteiger charge is -2.25. The predicted octanol–water partition coefficient (Wildman–Crippen LogP) is 3.70. The molecule has 0 spiro atoms. The number of benzene rings is 2. The van der Waals surface area contributed by atoms with Crippen molar-refractivity contribution in [2.24, 2.45) is 0 Å². The van der Waals surface area contributed by atoms with Gasteiger partial charge < -0.3 is 9.64 Å². The second-order valence-electron chi connectivity index (χ2n) is 6.94. The standard InChI is InChI=1S/C21H27NO4S/c1-15-12-16(2)14-19(13-15)26-11-10-21(23)22(4)17(3)18-6-8-20(9-7-18)27(5,24)25/h6-9,12-14,17H,10-11H2,1-5H3. The third-order valence-electron chi connectivity index (χ3n) is 4.54. The molecule has 2 rings (SSSR count). The van der Waals surface area contributed by atoms with E-state index in [0.29, 0.717) is 6.61 Å². The molecule has 6 heteroatoms. The highest BCUT2D eigenvalue weighted by Gasteiger charge is 2.18. The average molecular weight is 390 g/mol. The Morgan fingerprint density at radius 3 is 2.15 bits per heavy atom. The highest BCUT2D eigenvalue weighted by Crippen LogP contribution is 2.22. The molecule has 0 N–H and O–H groups in total. The Kier molecular flexibility index (Phi) is 6.65. The van der Waals surface area contributed by atoms with Gasteiger partial charge in [0.25, 0.3) is 0 Å². The fraction of sp³-hybridized carbons (Fsp3) is 0.381. The van der Waals surface area contributed by atoms with Crippen molar-refractivity contribution in [3.05, 3.63) is 59.2 Å². The van der Waals surface area contributed by atoms with Crippen LogP contribution in [0.3, 0.4) is 0 Å². The van der Waals surface area contributed by atoms with Crippen LogP contribution >= 0.6 is 0 Å². The molecule has 1 unspecified atom stereocenters. The zero-order valence-corrected chi connectivity index (χ0v) is 17.3. The number of hydrogen-bond donors (Lipinski definition) is 0. The van der Waals surface area contributed by atoms with E-state index in [1.807, 2.05) is 32.9 Å². The molecular weight excluding hydrogens is 362 g/mol. The maximum absolute atomic E-state index is 12.5. The maximum Gasteiger partial charge on any atom is 0.226 e. The number of carbonyl (C=O) groups is 1. The Hall–Kier alpha value is -2.34. The molecular formula is C21H27NO4S. The van der Waals surface area contributed by atoms with Crippen molar-refractivity contribution in [1.29, 1.82) is 0 Å². The summed E-state index contributed by atoms with van der Waals surface area (Å²) in [5.74, 6) is 0.742. The lowest BCUT2D eigenvalue weighted by Crippen LogP contribution is -2.30. The maximum atomic E-state index is 12.5. The molecule has 27 heavy (non-hydrogen) atoms. The van der Waals surface area contributed by atoms with Gasteiger partial charge in [-0.2, -0.15) is 0 Å². The molecule has 0 aliphatic carbocycles. The lowest BCUT2D eigenvalue weighted by molar-refractivity contribution is -0.132. The van der Waals surface area contributed by atoms with Crippen LogP contribution in [0.5, 0.6) is 5.75 Å². The first-order valence-electron chi connectivity index (χ1n) is 8.84. The molecule has 1 amide bonds. The van der Waals surface area contributed by atoms with Crippen LogP contribution in [0.25, 0.3) is 0 Å². The Morgan fingerprint density at radius 1 is 1.07 bits per heavy atom. The van der Waals surface area contributed by atoms with Crippen molar-refractivity contribution >= 4 is 15.7 Å². The summed E-state index contributed by atoms with van der Waals surface area (Å²) in [4.78, 5) is 14.4. The van der Waals surface area contributed by atoms with E-state index in [1.54, 1.807) is 36.2 Å². The molecule has 0 heterocycles. The normalized spacial score (nSPS) is 12.5. The van der Waals surface area contributed by atoms with Crippen LogP contribution in [0.2, 0.25) is 0 Å². The van der Waals surface area contributed by atoms with Gasteiger partial charge in [-0.25, -0.2) is 8.42 Å². The van der Waals surface area contributed by atoms with Crippen LogP contribution in [0.4, 0.5) is 0 Å². The van der Waals surface area contributed by atoms with E-state index < -0.39 is 9.84 Å². The van der Waals surface area contributed by atoms with E-state index in [2.05, 4.69) is 6.07 Å². The first-order valence-corrected chi connectivity index (χ1v) is 10.7. The molecule has 0 bridgehead atoms. The summed E-state index contributed by atoms with van der Waals surface area (Å²) in [6.45, 7) is 6.25. The molecule has 0 aliphatic rings. The van der Waals surface area contributed by atoms with Gasteiger partial charge in [0.1, 0.15) is 5.75 Å². The Morgan fingerprint density at radius 2 is 1.63 bits per heavy atom. The minimum Gasteiger partial charge on any atom is -0.493 e. The summed E-state index contributed by atoms with van der Waals surface area (Å²) in [6, 6.07) is 12.5. The fourth-order valence-corrected chi connectivity index (χ4v) is 3.51. The van der Waals surface area contributed by atoms with Crippen LogP contribution in [0.1, 0.15) is 36.1 Å². The third kappa shape index (κ3) is 5.82. The van der Waals surface area contributed by atoms with E-state index in [1.165, 1.54) is 6.26 Å². The van der Waals surface area contributed by atoms with Crippen molar-refractivity contribution in [1.82, 2.24) is 4.90 Å². The quantitative estimate of drug-likeness (QED) is 0.724. The molecule has 0 saturated heterocycles. The van der Waals surface area contributed by atoms with Gasteiger partial charge in [0, 0.05) is 13.3 Å². The van der Waals surface area contributed by atoms with Gasteiger partial charge in [-0.3, -0.25) is 4.79 Å². The number of carbonyl (C=O) groups excluding carboxylic acids is 1. The van der Waals surface area contributed by atoms with Gasteiger partial charge in [0.15, 0.2) is 9.84 Å². The van der Waals surface area contributed by atoms with E-state index in [4.69, 9.17) is 4.74 Å². The molecule has 2 aromatic carbocycles. The Bertz CT molecular complexity index is 884. The van der Waals surface area contributed by atoms with Gasteiger partial charge >= 0.3 is 0 Å². The van der Waals surface area contributed by atoms with Crippen LogP contribution in [-0.2, 0) is 14.6 Å². The van der Waals surface area contributed by atoms with Crippen molar-refractivity contribution in [3.63, 3.8) is 0 Å². The molecule has 5 nitrogen and oxygen atoms in total. The van der Waals surface area contributed by atoms with Gasteiger partial charge in [0.05, 0.1) is 24.0 Å². The summed E-state index contributed by atoms with van der Waals surface area (Å²) in [7, 11) is -1.48. The number of ether oxygens (including phenoxy) is 1. The van der Waals surface area contributed by atoms with Crippen LogP contribution < -0.4 is 4.74 Å². The van der Waals surface area contributed by atoms with E-state index in [-0.39, 0.29) is 23.3 Å². The average Bonchev–Trinajstić information content (AvgIpc) is 2.59. The highest BCUT2D eigenvalue weighted by atomic mass is 32.2. The number of hydrogen-bond acceptors (Lipinski definition) is 4. The SMILES string of the molecule is Cc1cc(C)cc(OCCC(=O)N(C)C(C)c2ccc(S(C)(=O)=O)cc2)c1. The molecule has 146 valence electrons. The third-order valence-corrected chi connectivity index (χ3v) is 5.67. The molecule has 0 aromatic heterocycles. The first-order chi connectivity index (χ1) is 12.6. The zero-order chi connectivity index (χ0) is 20.2. The Labute approximate surface area is 161 Å². The summed E-state index contributed by atoms with van der Waals surface area (Å²) in [5.41, 5.74) is 3.13. The van der Waals surface area contributed by atoms with Crippen LogP contribution in [0.15, 0.2) is 47.4 Å². The summed E-state index contributed by atoms with van der Waals surface area (Å²) < 4.78 is 28.8. The second kappa shape index (κ2) is 8.57. The number of rotatable bonds is 7. The Balaban J connectivity index is 1.93. The van der Waals surface area contributed by atoms with Crippen molar-refractivity contribution in [2.45, 2.75) is 38.1 Å². The monoisotopic (exact) mass is 389 g/mol. The topological polar surface area (TPSA) is 63.7 Å². The minimum absolute atomic E-state index is 0.0286. The second-order valence-corrected chi connectivity index (χ2v) is 8.96. The van der Waals surface area contributed by atoms with E-state index in [0.717, 1.165) is 22.4 Å². The number of amides is 1. The largest absolute Gasteiger partial charge is 0.493 e. The van der Waals surface area contributed by atoms with Crippen molar-refractivity contribution in [2.75, 3.05) is 19.9 Å². The van der Waals surface area contributed by atoms with Gasteiger partial charge in [-0.05, 0) is 61.7 Å². The predicted molar refractivity (Wildman–Crippen MR) is 107 cm³/mol. The molecule has 0 saturated carbocycles. The molecule has 0 aliphatic heterocycles. The number of sulfone groups is 1. The summed E-state index contributed by atoms with van der Waals surface area (Å²) in [5, 5.41) is 0. The van der Waals surface area contributed by atoms with Gasteiger partial charge in [0.2, 0.25) is 5.91 Å². The van der Waals surface area contributed by atoms with Crippen molar-refractivity contribution in [3.8, 4) is 5.75 Å². The lowest BCUT2D eigenvalue weighted by atomic mass is 10.1. The zero-order valence-electron chi connectivity index (χ0n) is 16.5. The van der Waals surface area contributed by atoms with Gasteiger partial charge in [-0.15, -0.1) is 0 Å². The minimum atomic E-state index is -3.22. The van der Waals surface area contributed by atoms with Crippen LogP contribution in [0, 0.1) is 13.8 Å². The molecule has 1 atom stereocenters. The van der Waals surface area contributed by atoms with Gasteiger partial charge in [-0.1, -0.05) is 18.2 Å². The summed E-state index contributed by atoms with van der Waals surface area (Å²) in [6.07, 6.45) is 1.45. The molecule has 0 radical (unpaired) electrons.